The zero-order valence-electron chi connectivity index (χ0n) is 13.1. The van der Waals surface area contributed by atoms with Gasteiger partial charge in [-0.3, -0.25) is 9.59 Å². The van der Waals surface area contributed by atoms with Crippen LogP contribution < -0.4 is 5.56 Å². The summed E-state index contributed by atoms with van der Waals surface area (Å²) in [5.41, 5.74) is -0.737. The molecule has 1 aliphatic heterocycles. The molecule has 0 aliphatic carbocycles. The summed E-state index contributed by atoms with van der Waals surface area (Å²) in [5.74, 6) is -0.857. The summed E-state index contributed by atoms with van der Waals surface area (Å²) in [6, 6.07) is 0. The Balaban J connectivity index is 2.29. The second kappa shape index (κ2) is 5.90. The van der Waals surface area contributed by atoms with E-state index >= 15 is 0 Å². The maximum atomic E-state index is 12.6. The van der Waals surface area contributed by atoms with Crippen LogP contribution in [0.4, 0.5) is 0 Å². The fourth-order valence-corrected chi connectivity index (χ4v) is 2.95. The highest BCUT2D eigenvalue weighted by Gasteiger charge is 2.43. The molecule has 0 unspecified atom stereocenters. The summed E-state index contributed by atoms with van der Waals surface area (Å²) < 4.78 is 0. The van der Waals surface area contributed by atoms with Gasteiger partial charge >= 0.3 is 5.97 Å². The van der Waals surface area contributed by atoms with Crippen molar-refractivity contribution in [1.29, 1.82) is 0 Å². The molecule has 0 radical (unpaired) electrons. The van der Waals surface area contributed by atoms with Crippen LogP contribution in [0.25, 0.3) is 0 Å². The van der Waals surface area contributed by atoms with E-state index in [1.807, 2.05) is 0 Å². The molecular weight excluding hydrogens is 286 g/mol. The van der Waals surface area contributed by atoms with Gasteiger partial charge in [-0.15, -0.1) is 0 Å². The normalized spacial score (nSPS) is 21.7. The summed E-state index contributed by atoms with van der Waals surface area (Å²) in [7, 11) is 0. The van der Waals surface area contributed by atoms with Gasteiger partial charge < -0.3 is 15.0 Å². The standard InChI is InChI=1S/C15H21N3O4/c1-9-11(13(20)17-10(2)16-9)8-12(19)18-7-5-4-6-15(18,3)14(21)22/h4-8H2,1-3H3,(H,21,22)(H,16,17,20)/t15-/m1/s1. The molecule has 1 atom stereocenters. The fraction of sp³-hybridized carbons (Fsp3) is 0.600. The van der Waals surface area contributed by atoms with Crippen molar-refractivity contribution in [3.8, 4) is 0 Å². The van der Waals surface area contributed by atoms with Crippen LogP contribution in [0.5, 0.6) is 0 Å². The predicted molar refractivity (Wildman–Crippen MR) is 79.6 cm³/mol. The van der Waals surface area contributed by atoms with E-state index in [2.05, 4.69) is 9.97 Å². The Bertz CT molecular complexity index is 667. The van der Waals surface area contributed by atoms with Crippen molar-refractivity contribution in [2.24, 2.45) is 0 Å². The van der Waals surface area contributed by atoms with Crippen molar-refractivity contribution in [1.82, 2.24) is 14.9 Å². The topological polar surface area (TPSA) is 103 Å². The SMILES string of the molecule is Cc1nc(C)c(CC(=O)N2CCCC[C@]2(C)C(=O)O)c(=O)[nH]1. The number of hydrogen-bond acceptors (Lipinski definition) is 4. The van der Waals surface area contributed by atoms with Crippen LogP contribution in [0.3, 0.4) is 0 Å². The number of H-pyrrole nitrogens is 1. The van der Waals surface area contributed by atoms with Gasteiger partial charge in [-0.2, -0.15) is 0 Å². The first kappa shape index (κ1) is 16.2. The lowest BCUT2D eigenvalue weighted by Gasteiger charge is -2.41. The Labute approximate surface area is 128 Å². The second-order valence-electron chi connectivity index (χ2n) is 5.97. The summed E-state index contributed by atoms with van der Waals surface area (Å²) in [4.78, 5) is 44.2. The van der Waals surface area contributed by atoms with Crippen molar-refractivity contribution in [2.75, 3.05) is 6.54 Å². The van der Waals surface area contributed by atoms with Gasteiger partial charge in [0.2, 0.25) is 5.91 Å². The molecule has 0 aromatic carbocycles. The van der Waals surface area contributed by atoms with Crippen molar-refractivity contribution in [2.45, 2.75) is 52.0 Å². The minimum Gasteiger partial charge on any atom is -0.480 e. The van der Waals surface area contributed by atoms with E-state index in [1.54, 1.807) is 20.8 Å². The van der Waals surface area contributed by atoms with Gasteiger partial charge in [0.05, 0.1) is 6.42 Å². The number of nitrogens with zero attached hydrogens (tertiary/aromatic N) is 2. The van der Waals surface area contributed by atoms with E-state index < -0.39 is 11.5 Å². The van der Waals surface area contributed by atoms with Crippen LogP contribution in [-0.2, 0) is 16.0 Å². The Morgan fingerprint density at radius 1 is 1.36 bits per heavy atom. The number of nitrogens with one attached hydrogen (secondary N) is 1. The number of rotatable bonds is 3. The number of aryl methyl sites for hydroxylation is 2. The van der Waals surface area contributed by atoms with E-state index in [1.165, 1.54) is 4.90 Å². The third kappa shape index (κ3) is 2.88. The van der Waals surface area contributed by atoms with E-state index in [-0.39, 0.29) is 17.9 Å². The van der Waals surface area contributed by atoms with Gasteiger partial charge in [0, 0.05) is 17.8 Å². The molecule has 0 saturated carbocycles. The molecule has 7 heteroatoms. The van der Waals surface area contributed by atoms with Gasteiger partial charge in [-0.25, -0.2) is 9.78 Å². The molecule has 1 fully saturated rings. The molecule has 22 heavy (non-hydrogen) atoms. The molecule has 1 saturated heterocycles. The number of amides is 1. The quantitative estimate of drug-likeness (QED) is 0.859. The summed E-state index contributed by atoms with van der Waals surface area (Å²) in [6.07, 6.45) is 1.85. The van der Waals surface area contributed by atoms with Gasteiger partial charge in [0.15, 0.2) is 0 Å². The first-order valence-corrected chi connectivity index (χ1v) is 7.36. The number of carbonyl (C=O) groups excluding carboxylic acids is 1. The van der Waals surface area contributed by atoms with Gasteiger partial charge in [0.25, 0.3) is 5.56 Å². The number of carboxylic acids is 1. The Morgan fingerprint density at radius 3 is 2.64 bits per heavy atom. The molecule has 1 amide bonds. The lowest BCUT2D eigenvalue weighted by Crippen LogP contribution is -2.58. The summed E-state index contributed by atoms with van der Waals surface area (Å²) >= 11 is 0. The minimum absolute atomic E-state index is 0.128. The van der Waals surface area contributed by atoms with Crippen molar-refractivity contribution >= 4 is 11.9 Å². The Kier molecular flexibility index (Phi) is 4.35. The highest BCUT2D eigenvalue weighted by Crippen LogP contribution is 2.28. The van der Waals surface area contributed by atoms with Crippen molar-refractivity contribution < 1.29 is 14.7 Å². The number of carboxylic acid groups (broad SMARTS) is 1. The van der Waals surface area contributed by atoms with E-state index in [0.29, 0.717) is 30.0 Å². The van der Waals surface area contributed by atoms with Crippen molar-refractivity contribution in [3.63, 3.8) is 0 Å². The number of aliphatic carboxylic acids is 1. The van der Waals surface area contributed by atoms with Crippen LogP contribution in [-0.4, -0.2) is 43.9 Å². The van der Waals surface area contributed by atoms with Crippen molar-refractivity contribution in [3.05, 3.63) is 27.4 Å². The molecule has 1 aromatic heterocycles. The van der Waals surface area contributed by atoms with Crippen LogP contribution in [0.2, 0.25) is 0 Å². The smallest absolute Gasteiger partial charge is 0.329 e. The van der Waals surface area contributed by atoms with Gasteiger partial charge in [-0.05, 0) is 40.0 Å². The molecule has 2 heterocycles. The number of hydrogen-bond donors (Lipinski definition) is 2. The monoisotopic (exact) mass is 307 g/mol. The molecule has 1 aliphatic rings. The molecule has 7 nitrogen and oxygen atoms in total. The Morgan fingerprint density at radius 2 is 2.05 bits per heavy atom. The average Bonchev–Trinajstić information content (AvgIpc) is 2.42. The maximum Gasteiger partial charge on any atom is 0.329 e. The molecule has 2 rings (SSSR count). The molecule has 0 bridgehead atoms. The molecule has 120 valence electrons. The van der Waals surface area contributed by atoms with E-state index in [4.69, 9.17) is 0 Å². The lowest BCUT2D eigenvalue weighted by molar-refractivity contribution is -0.160. The highest BCUT2D eigenvalue weighted by molar-refractivity contribution is 5.88. The van der Waals surface area contributed by atoms with Crippen LogP contribution >= 0.6 is 0 Å². The summed E-state index contributed by atoms with van der Waals surface area (Å²) in [5, 5.41) is 9.45. The van der Waals surface area contributed by atoms with Gasteiger partial charge in [-0.1, -0.05) is 0 Å². The molecule has 2 N–H and O–H groups in total. The Hall–Kier alpha value is -2.18. The third-order valence-corrected chi connectivity index (χ3v) is 4.32. The molecule has 0 spiro atoms. The minimum atomic E-state index is -1.20. The van der Waals surface area contributed by atoms with E-state index in [0.717, 1.165) is 12.8 Å². The summed E-state index contributed by atoms with van der Waals surface area (Å²) in [6.45, 7) is 5.32. The fourth-order valence-electron chi connectivity index (χ4n) is 2.95. The zero-order chi connectivity index (χ0) is 16.5. The van der Waals surface area contributed by atoms with Crippen LogP contribution in [0.15, 0.2) is 4.79 Å². The average molecular weight is 307 g/mol. The molecule has 1 aromatic rings. The van der Waals surface area contributed by atoms with Gasteiger partial charge in [0.1, 0.15) is 11.4 Å². The third-order valence-electron chi connectivity index (χ3n) is 4.32. The maximum absolute atomic E-state index is 12.6. The predicted octanol–water partition coefficient (Wildman–Crippen LogP) is 0.785. The lowest BCUT2D eigenvalue weighted by atomic mass is 9.88. The number of carbonyl (C=O) groups is 2. The largest absolute Gasteiger partial charge is 0.480 e. The zero-order valence-corrected chi connectivity index (χ0v) is 13.1. The van der Waals surface area contributed by atoms with E-state index in [9.17, 15) is 19.5 Å². The van der Waals surface area contributed by atoms with Crippen LogP contribution in [0.1, 0.15) is 43.3 Å². The first-order chi connectivity index (χ1) is 10.3. The number of piperidine rings is 1. The number of aromatic nitrogens is 2. The number of likely N-dealkylation sites (tertiary alicyclic amines) is 1. The highest BCUT2D eigenvalue weighted by atomic mass is 16.4. The molecular formula is C15H21N3O4. The van der Waals surface area contributed by atoms with Crippen LogP contribution in [0, 0.1) is 13.8 Å². The first-order valence-electron chi connectivity index (χ1n) is 7.36. The number of aromatic amines is 1. The second-order valence-corrected chi connectivity index (χ2v) is 5.97.